The third kappa shape index (κ3) is 3.97. The molecule has 0 saturated heterocycles. The number of likely N-dealkylation sites (N-methyl/N-ethyl adjacent to an activating group) is 2. The Balaban J connectivity index is 2.33. The molecule has 4 nitrogen and oxygen atoms in total. The molecule has 1 amide bonds. The predicted molar refractivity (Wildman–Crippen MR) is 62.1 cm³/mol. The molecule has 84 valence electrons. The zero-order valence-electron chi connectivity index (χ0n) is 9.41. The lowest BCUT2D eigenvalue weighted by Crippen LogP contribution is -2.35. The lowest BCUT2D eigenvalue weighted by molar-refractivity contribution is -0.128. The topological polar surface area (TPSA) is 45.2 Å². The molecule has 15 heavy (non-hydrogen) atoms. The van der Waals surface area contributed by atoms with Gasteiger partial charge in [-0.2, -0.15) is 0 Å². The molecule has 0 unspecified atom stereocenters. The standard InChI is InChI=1S/C10H17N3OS/c1-8-6-12-9(15-8)4-5-13(3)10(14)7-11-2/h6,11H,4-5,7H2,1-3H3. The van der Waals surface area contributed by atoms with Gasteiger partial charge < -0.3 is 10.2 Å². The number of amides is 1. The second kappa shape index (κ2) is 5.82. The fourth-order valence-electron chi connectivity index (χ4n) is 1.19. The Labute approximate surface area is 94.3 Å². The van der Waals surface area contributed by atoms with E-state index in [4.69, 9.17) is 0 Å². The number of hydrogen-bond acceptors (Lipinski definition) is 4. The van der Waals surface area contributed by atoms with Crippen molar-refractivity contribution < 1.29 is 4.79 Å². The molecule has 1 heterocycles. The lowest BCUT2D eigenvalue weighted by atomic mass is 10.4. The number of hydrogen-bond donors (Lipinski definition) is 1. The number of aryl methyl sites for hydroxylation is 1. The molecule has 5 heteroatoms. The summed E-state index contributed by atoms with van der Waals surface area (Å²) in [6, 6.07) is 0. The Bertz CT molecular complexity index is 324. The fraction of sp³-hybridized carbons (Fsp3) is 0.600. The first kappa shape index (κ1) is 12.1. The smallest absolute Gasteiger partial charge is 0.236 e. The highest BCUT2D eigenvalue weighted by Gasteiger charge is 2.07. The van der Waals surface area contributed by atoms with Gasteiger partial charge in [-0.25, -0.2) is 4.98 Å². The van der Waals surface area contributed by atoms with Crippen LogP contribution in [0.25, 0.3) is 0 Å². The van der Waals surface area contributed by atoms with Crippen LogP contribution in [0.4, 0.5) is 0 Å². The van der Waals surface area contributed by atoms with Gasteiger partial charge in [0.15, 0.2) is 0 Å². The first-order valence-electron chi connectivity index (χ1n) is 4.93. The molecule has 0 aliphatic rings. The van der Waals surface area contributed by atoms with E-state index in [1.807, 2.05) is 20.2 Å². The average Bonchev–Trinajstić information content (AvgIpc) is 2.61. The van der Waals surface area contributed by atoms with E-state index in [1.54, 1.807) is 23.3 Å². The van der Waals surface area contributed by atoms with Crippen molar-refractivity contribution in [1.82, 2.24) is 15.2 Å². The third-order valence-electron chi connectivity index (χ3n) is 2.08. The van der Waals surface area contributed by atoms with E-state index in [-0.39, 0.29) is 5.91 Å². The second-order valence-corrected chi connectivity index (χ2v) is 4.78. The van der Waals surface area contributed by atoms with Gasteiger partial charge in [-0.3, -0.25) is 4.79 Å². The van der Waals surface area contributed by atoms with Gasteiger partial charge in [-0.15, -0.1) is 11.3 Å². The number of carbonyl (C=O) groups is 1. The predicted octanol–water partition coefficient (Wildman–Crippen LogP) is 0.672. The van der Waals surface area contributed by atoms with Crippen LogP contribution in [0.15, 0.2) is 6.20 Å². The number of carbonyl (C=O) groups excluding carboxylic acids is 1. The SMILES string of the molecule is CNCC(=O)N(C)CCc1ncc(C)s1. The van der Waals surface area contributed by atoms with Crippen LogP contribution in [0.2, 0.25) is 0 Å². The maximum atomic E-state index is 11.4. The molecular weight excluding hydrogens is 210 g/mol. The maximum absolute atomic E-state index is 11.4. The summed E-state index contributed by atoms with van der Waals surface area (Å²) in [7, 11) is 3.59. The van der Waals surface area contributed by atoms with Crippen LogP contribution in [-0.2, 0) is 11.2 Å². The van der Waals surface area contributed by atoms with Gasteiger partial charge in [0.25, 0.3) is 0 Å². The van der Waals surface area contributed by atoms with Crippen LogP contribution in [0.5, 0.6) is 0 Å². The van der Waals surface area contributed by atoms with E-state index in [9.17, 15) is 4.79 Å². The molecule has 0 aliphatic carbocycles. The number of nitrogens with zero attached hydrogens (tertiary/aromatic N) is 2. The first-order valence-corrected chi connectivity index (χ1v) is 5.75. The van der Waals surface area contributed by atoms with Crippen LogP contribution < -0.4 is 5.32 Å². The number of rotatable bonds is 5. The summed E-state index contributed by atoms with van der Waals surface area (Å²) in [5.41, 5.74) is 0. The van der Waals surface area contributed by atoms with Crippen molar-refractivity contribution in [2.24, 2.45) is 0 Å². The molecule has 0 atom stereocenters. The first-order chi connectivity index (χ1) is 7.13. The number of nitrogens with one attached hydrogen (secondary N) is 1. The van der Waals surface area contributed by atoms with E-state index in [1.165, 1.54) is 4.88 Å². The molecule has 0 bridgehead atoms. The Kier molecular flexibility index (Phi) is 4.71. The highest BCUT2D eigenvalue weighted by Crippen LogP contribution is 2.11. The van der Waals surface area contributed by atoms with E-state index >= 15 is 0 Å². The summed E-state index contributed by atoms with van der Waals surface area (Å²) in [4.78, 5) is 18.6. The maximum Gasteiger partial charge on any atom is 0.236 e. The molecule has 1 aromatic rings. The Morgan fingerprint density at radius 3 is 2.93 bits per heavy atom. The zero-order valence-corrected chi connectivity index (χ0v) is 10.2. The summed E-state index contributed by atoms with van der Waals surface area (Å²) in [6.07, 6.45) is 2.71. The molecule has 1 N–H and O–H groups in total. The van der Waals surface area contributed by atoms with Crippen LogP contribution >= 0.6 is 11.3 Å². The van der Waals surface area contributed by atoms with Crippen molar-refractivity contribution in [3.8, 4) is 0 Å². The molecule has 1 aromatic heterocycles. The van der Waals surface area contributed by atoms with E-state index in [2.05, 4.69) is 10.3 Å². The van der Waals surface area contributed by atoms with Gasteiger partial charge in [0.1, 0.15) is 0 Å². The van der Waals surface area contributed by atoms with Crippen molar-refractivity contribution in [3.05, 3.63) is 16.1 Å². The molecule has 1 rings (SSSR count). The summed E-state index contributed by atoms with van der Waals surface area (Å²) in [6.45, 7) is 3.16. The van der Waals surface area contributed by atoms with Crippen LogP contribution in [-0.4, -0.2) is 43.0 Å². The Hall–Kier alpha value is -0.940. The molecule has 0 spiro atoms. The molecule has 0 aliphatic heterocycles. The van der Waals surface area contributed by atoms with Gasteiger partial charge in [-0.05, 0) is 14.0 Å². The van der Waals surface area contributed by atoms with Crippen LogP contribution in [0, 0.1) is 6.92 Å². The monoisotopic (exact) mass is 227 g/mol. The van der Waals surface area contributed by atoms with Crippen LogP contribution in [0.1, 0.15) is 9.88 Å². The highest BCUT2D eigenvalue weighted by atomic mass is 32.1. The summed E-state index contributed by atoms with van der Waals surface area (Å²) >= 11 is 1.69. The Morgan fingerprint density at radius 1 is 1.67 bits per heavy atom. The van der Waals surface area contributed by atoms with E-state index < -0.39 is 0 Å². The minimum absolute atomic E-state index is 0.116. The van der Waals surface area contributed by atoms with Crippen molar-refractivity contribution in [1.29, 1.82) is 0 Å². The third-order valence-corrected chi connectivity index (χ3v) is 3.06. The molecular formula is C10H17N3OS. The normalized spacial score (nSPS) is 10.3. The number of aromatic nitrogens is 1. The second-order valence-electron chi connectivity index (χ2n) is 3.46. The van der Waals surface area contributed by atoms with Crippen molar-refractivity contribution in [2.75, 3.05) is 27.2 Å². The minimum atomic E-state index is 0.116. The van der Waals surface area contributed by atoms with Crippen molar-refractivity contribution in [3.63, 3.8) is 0 Å². The highest BCUT2D eigenvalue weighted by molar-refractivity contribution is 7.11. The summed E-state index contributed by atoms with van der Waals surface area (Å²) in [5.74, 6) is 0.116. The molecule has 0 saturated carbocycles. The largest absolute Gasteiger partial charge is 0.344 e. The van der Waals surface area contributed by atoms with Gasteiger partial charge in [0, 0.05) is 31.1 Å². The van der Waals surface area contributed by atoms with Crippen molar-refractivity contribution in [2.45, 2.75) is 13.3 Å². The summed E-state index contributed by atoms with van der Waals surface area (Å²) < 4.78 is 0. The van der Waals surface area contributed by atoms with E-state index in [0.29, 0.717) is 6.54 Å². The van der Waals surface area contributed by atoms with Crippen LogP contribution in [0.3, 0.4) is 0 Å². The van der Waals surface area contributed by atoms with Gasteiger partial charge in [0.2, 0.25) is 5.91 Å². The Morgan fingerprint density at radius 2 is 2.40 bits per heavy atom. The van der Waals surface area contributed by atoms with E-state index in [0.717, 1.165) is 18.0 Å². The zero-order chi connectivity index (χ0) is 11.3. The molecule has 0 fully saturated rings. The summed E-state index contributed by atoms with van der Waals surface area (Å²) in [5, 5.41) is 3.94. The van der Waals surface area contributed by atoms with Gasteiger partial charge in [0.05, 0.1) is 11.6 Å². The van der Waals surface area contributed by atoms with Gasteiger partial charge in [-0.1, -0.05) is 0 Å². The number of thiazole rings is 1. The van der Waals surface area contributed by atoms with Crippen molar-refractivity contribution >= 4 is 17.2 Å². The van der Waals surface area contributed by atoms with Gasteiger partial charge >= 0.3 is 0 Å². The lowest BCUT2D eigenvalue weighted by Gasteiger charge is -2.15. The minimum Gasteiger partial charge on any atom is -0.344 e. The fourth-order valence-corrected chi connectivity index (χ4v) is 1.97. The quantitative estimate of drug-likeness (QED) is 0.804. The average molecular weight is 227 g/mol. The molecule has 0 radical (unpaired) electrons. The molecule has 0 aromatic carbocycles.